The number of methoxy groups -OCH3 is 1. The van der Waals surface area contributed by atoms with Crippen molar-refractivity contribution < 1.29 is 9.53 Å². The van der Waals surface area contributed by atoms with Crippen molar-refractivity contribution in [1.29, 1.82) is 0 Å². The summed E-state index contributed by atoms with van der Waals surface area (Å²) in [5.41, 5.74) is 2.89. The Morgan fingerprint density at radius 2 is 1.62 bits per heavy atom. The van der Waals surface area contributed by atoms with E-state index in [0.29, 0.717) is 5.69 Å². The average Bonchev–Trinajstić information content (AvgIpc) is 2.49. The maximum Gasteiger partial charge on any atom is 0.411 e. The SMILES string of the molecule is COC(=O)Nc1ccc(NC(C)c2ccc(Br)cc2)cc1. The van der Waals surface area contributed by atoms with Crippen molar-refractivity contribution in [3.8, 4) is 0 Å². The number of halogens is 1. The number of ether oxygens (including phenoxy) is 1. The van der Waals surface area contributed by atoms with Gasteiger partial charge in [0.1, 0.15) is 0 Å². The second-order valence-corrected chi connectivity index (χ2v) is 5.53. The van der Waals surface area contributed by atoms with E-state index in [1.54, 1.807) is 0 Å². The van der Waals surface area contributed by atoms with E-state index in [9.17, 15) is 4.79 Å². The molecule has 0 saturated heterocycles. The molecule has 0 bridgehead atoms. The molecule has 0 radical (unpaired) electrons. The van der Waals surface area contributed by atoms with Gasteiger partial charge in [-0.2, -0.15) is 0 Å². The van der Waals surface area contributed by atoms with Crippen LogP contribution < -0.4 is 10.6 Å². The largest absolute Gasteiger partial charge is 0.453 e. The Hall–Kier alpha value is -2.01. The highest BCUT2D eigenvalue weighted by Gasteiger charge is 2.05. The average molecular weight is 349 g/mol. The first-order valence-corrected chi connectivity index (χ1v) is 7.35. The molecular formula is C16H17BrN2O2. The van der Waals surface area contributed by atoms with Gasteiger partial charge < -0.3 is 10.1 Å². The zero-order valence-electron chi connectivity index (χ0n) is 11.9. The molecule has 2 aromatic carbocycles. The number of anilines is 2. The number of amides is 1. The lowest BCUT2D eigenvalue weighted by molar-refractivity contribution is 0.187. The molecule has 4 nitrogen and oxygen atoms in total. The Morgan fingerprint density at radius 3 is 2.19 bits per heavy atom. The van der Waals surface area contributed by atoms with Crippen LogP contribution in [0.25, 0.3) is 0 Å². The van der Waals surface area contributed by atoms with Crippen molar-refractivity contribution in [3.63, 3.8) is 0 Å². The quantitative estimate of drug-likeness (QED) is 0.834. The molecule has 1 unspecified atom stereocenters. The van der Waals surface area contributed by atoms with Gasteiger partial charge in [-0.3, -0.25) is 5.32 Å². The summed E-state index contributed by atoms with van der Waals surface area (Å²) in [7, 11) is 1.34. The first-order valence-electron chi connectivity index (χ1n) is 6.55. The van der Waals surface area contributed by atoms with E-state index in [0.717, 1.165) is 10.2 Å². The summed E-state index contributed by atoms with van der Waals surface area (Å²) < 4.78 is 5.61. The summed E-state index contributed by atoms with van der Waals surface area (Å²) in [6, 6.07) is 15.9. The molecule has 110 valence electrons. The molecule has 5 heteroatoms. The second-order valence-electron chi connectivity index (χ2n) is 4.61. The minimum Gasteiger partial charge on any atom is -0.453 e. The molecule has 0 heterocycles. The number of hydrogen-bond acceptors (Lipinski definition) is 3. The van der Waals surface area contributed by atoms with Gasteiger partial charge in [0.2, 0.25) is 0 Å². The fourth-order valence-electron chi connectivity index (χ4n) is 1.90. The van der Waals surface area contributed by atoms with Crippen LogP contribution in [-0.2, 0) is 4.74 Å². The van der Waals surface area contributed by atoms with Crippen molar-refractivity contribution in [2.75, 3.05) is 17.7 Å². The van der Waals surface area contributed by atoms with Crippen molar-refractivity contribution >= 4 is 33.4 Å². The number of nitrogens with one attached hydrogen (secondary N) is 2. The van der Waals surface area contributed by atoms with E-state index < -0.39 is 6.09 Å². The third-order valence-electron chi connectivity index (χ3n) is 3.07. The lowest BCUT2D eigenvalue weighted by Crippen LogP contribution is -2.11. The van der Waals surface area contributed by atoms with Gasteiger partial charge in [-0.25, -0.2) is 4.79 Å². The van der Waals surface area contributed by atoms with E-state index >= 15 is 0 Å². The maximum absolute atomic E-state index is 11.1. The number of carbonyl (C=O) groups is 1. The molecule has 1 atom stereocenters. The summed E-state index contributed by atoms with van der Waals surface area (Å²) >= 11 is 3.43. The van der Waals surface area contributed by atoms with Crippen LogP contribution in [0.4, 0.5) is 16.2 Å². The van der Waals surface area contributed by atoms with Crippen LogP contribution in [0.15, 0.2) is 53.0 Å². The number of carbonyl (C=O) groups excluding carboxylic acids is 1. The van der Waals surface area contributed by atoms with Crippen LogP contribution in [0.5, 0.6) is 0 Å². The molecule has 2 rings (SSSR count). The van der Waals surface area contributed by atoms with E-state index in [-0.39, 0.29) is 6.04 Å². The molecule has 21 heavy (non-hydrogen) atoms. The predicted octanol–water partition coefficient (Wildman–Crippen LogP) is 4.80. The minimum absolute atomic E-state index is 0.192. The fraction of sp³-hybridized carbons (Fsp3) is 0.188. The van der Waals surface area contributed by atoms with Gasteiger partial charge >= 0.3 is 6.09 Å². The molecule has 0 fully saturated rings. The summed E-state index contributed by atoms with van der Waals surface area (Å²) in [4.78, 5) is 11.1. The third-order valence-corrected chi connectivity index (χ3v) is 3.60. The highest BCUT2D eigenvalue weighted by molar-refractivity contribution is 9.10. The highest BCUT2D eigenvalue weighted by Crippen LogP contribution is 2.22. The minimum atomic E-state index is -0.473. The van der Waals surface area contributed by atoms with E-state index in [2.05, 4.69) is 50.4 Å². The summed E-state index contributed by atoms with van der Waals surface area (Å²) in [5, 5.41) is 6.03. The molecule has 0 saturated carbocycles. The molecule has 0 aliphatic heterocycles. The van der Waals surface area contributed by atoms with Crippen molar-refractivity contribution in [3.05, 3.63) is 58.6 Å². The smallest absolute Gasteiger partial charge is 0.411 e. The zero-order valence-corrected chi connectivity index (χ0v) is 13.5. The monoisotopic (exact) mass is 348 g/mol. The molecule has 0 aromatic heterocycles. The summed E-state index contributed by atoms with van der Waals surface area (Å²) in [6.07, 6.45) is -0.473. The van der Waals surface area contributed by atoms with Crippen molar-refractivity contribution in [2.24, 2.45) is 0 Å². The topological polar surface area (TPSA) is 50.4 Å². The van der Waals surface area contributed by atoms with Gasteiger partial charge in [0.05, 0.1) is 7.11 Å². The molecule has 0 aliphatic rings. The number of rotatable bonds is 4. The van der Waals surface area contributed by atoms with Gasteiger partial charge in [0.15, 0.2) is 0 Å². The maximum atomic E-state index is 11.1. The Bertz CT molecular complexity index is 597. The van der Waals surface area contributed by atoms with E-state index in [1.165, 1.54) is 12.7 Å². The van der Waals surface area contributed by atoms with Gasteiger partial charge in [-0.1, -0.05) is 28.1 Å². The fourth-order valence-corrected chi connectivity index (χ4v) is 2.17. The zero-order chi connectivity index (χ0) is 15.2. The van der Waals surface area contributed by atoms with Crippen LogP contribution in [0.2, 0.25) is 0 Å². The van der Waals surface area contributed by atoms with Crippen LogP contribution in [-0.4, -0.2) is 13.2 Å². The van der Waals surface area contributed by atoms with Crippen LogP contribution in [0.1, 0.15) is 18.5 Å². The highest BCUT2D eigenvalue weighted by atomic mass is 79.9. The Morgan fingerprint density at radius 1 is 1.05 bits per heavy atom. The molecule has 0 aliphatic carbocycles. The first-order chi connectivity index (χ1) is 10.1. The second kappa shape index (κ2) is 7.13. The molecule has 2 aromatic rings. The lowest BCUT2D eigenvalue weighted by Gasteiger charge is -2.16. The normalized spacial score (nSPS) is 11.6. The van der Waals surface area contributed by atoms with Gasteiger partial charge in [0, 0.05) is 21.9 Å². The van der Waals surface area contributed by atoms with E-state index in [1.807, 2.05) is 36.4 Å². The lowest BCUT2D eigenvalue weighted by atomic mass is 10.1. The molecule has 0 spiro atoms. The Labute approximate surface area is 132 Å². The summed E-state index contributed by atoms with van der Waals surface area (Å²) in [5.74, 6) is 0. The van der Waals surface area contributed by atoms with E-state index in [4.69, 9.17) is 0 Å². The van der Waals surface area contributed by atoms with Crippen molar-refractivity contribution in [2.45, 2.75) is 13.0 Å². The van der Waals surface area contributed by atoms with Crippen LogP contribution >= 0.6 is 15.9 Å². The number of benzene rings is 2. The first kappa shape index (κ1) is 15.4. The van der Waals surface area contributed by atoms with Crippen LogP contribution in [0.3, 0.4) is 0 Å². The van der Waals surface area contributed by atoms with Gasteiger partial charge in [-0.05, 0) is 48.9 Å². The molecular weight excluding hydrogens is 332 g/mol. The van der Waals surface area contributed by atoms with Crippen molar-refractivity contribution in [1.82, 2.24) is 0 Å². The van der Waals surface area contributed by atoms with Gasteiger partial charge in [0.25, 0.3) is 0 Å². The third kappa shape index (κ3) is 4.49. The Kier molecular flexibility index (Phi) is 5.22. The standard InChI is InChI=1S/C16H17BrN2O2/c1-11(12-3-5-13(17)6-4-12)18-14-7-9-15(10-8-14)19-16(20)21-2/h3-11,18H,1-2H3,(H,19,20). The molecule has 2 N–H and O–H groups in total. The van der Waals surface area contributed by atoms with Gasteiger partial charge in [-0.15, -0.1) is 0 Å². The summed E-state index contributed by atoms with van der Waals surface area (Å²) in [6.45, 7) is 2.10. The molecule has 1 amide bonds. The predicted molar refractivity (Wildman–Crippen MR) is 88.6 cm³/mol. The van der Waals surface area contributed by atoms with Crippen LogP contribution in [0, 0.1) is 0 Å². The number of hydrogen-bond donors (Lipinski definition) is 2. The Balaban J connectivity index is 1.99.